The largest absolute Gasteiger partial charge is 0.430 e. The molecule has 9 nitrogen and oxygen atoms in total. The number of hydrogen-bond acceptors (Lipinski definition) is 7. The summed E-state index contributed by atoms with van der Waals surface area (Å²) in [4.78, 5) is 12.4. The van der Waals surface area contributed by atoms with Crippen LogP contribution < -0.4 is 4.31 Å². The number of sulfonamides is 1. The molecule has 4 rings (SSSR count). The van der Waals surface area contributed by atoms with Gasteiger partial charge in [-0.1, -0.05) is 12.1 Å². The highest BCUT2D eigenvalue weighted by molar-refractivity contribution is 7.92. The summed E-state index contributed by atoms with van der Waals surface area (Å²) in [5.74, 6) is -1.05. The van der Waals surface area contributed by atoms with E-state index in [9.17, 15) is 49.1 Å². The Morgan fingerprint density at radius 1 is 1.05 bits per heavy atom. The van der Waals surface area contributed by atoms with Crippen molar-refractivity contribution in [1.29, 1.82) is 0 Å². The van der Waals surface area contributed by atoms with Gasteiger partial charge in [0.05, 0.1) is 23.2 Å². The van der Waals surface area contributed by atoms with E-state index in [2.05, 4.69) is 10.2 Å². The van der Waals surface area contributed by atoms with E-state index in [1.807, 2.05) is 0 Å². The van der Waals surface area contributed by atoms with Crippen LogP contribution in [-0.2, 0) is 39.8 Å². The Hall–Kier alpha value is -3.73. The molecule has 1 aliphatic heterocycles. The molecular formula is C25H23F7N4O5S. The van der Waals surface area contributed by atoms with Crippen molar-refractivity contribution in [3.63, 3.8) is 0 Å². The van der Waals surface area contributed by atoms with Gasteiger partial charge in [-0.25, -0.2) is 12.8 Å². The summed E-state index contributed by atoms with van der Waals surface area (Å²) in [6, 6.07) is 4.23. The van der Waals surface area contributed by atoms with Gasteiger partial charge in [0, 0.05) is 26.0 Å². The molecule has 0 saturated heterocycles. The lowest BCUT2D eigenvalue weighted by molar-refractivity contribution is -0.376. The standard InChI is InChI=1S/C25H23F7N4O5S/c1-14(37)35(2)13-22-34-33-21(41-22)12-18-7-3-15-11-16(23(38,24(27,28)29)25(30,31)32)4-10-20(15)36(18)42(39,40)19-8-5-17(26)6-9-19/h4-6,8-11,18,38H,3,7,12-13H2,1-2H3/t18-/m0/s1. The zero-order valence-electron chi connectivity index (χ0n) is 21.9. The fraction of sp³-hybridized carbons (Fsp3) is 0.400. The van der Waals surface area contributed by atoms with Crippen molar-refractivity contribution in [3.05, 3.63) is 71.2 Å². The second-order valence-corrected chi connectivity index (χ2v) is 11.5. The minimum atomic E-state index is -6.14. The van der Waals surface area contributed by atoms with Gasteiger partial charge in [-0.2, -0.15) is 26.3 Å². The molecule has 0 radical (unpaired) electrons. The van der Waals surface area contributed by atoms with Gasteiger partial charge in [-0.15, -0.1) is 10.2 Å². The number of halogens is 7. The van der Waals surface area contributed by atoms with Gasteiger partial charge in [0.15, 0.2) is 0 Å². The summed E-state index contributed by atoms with van der Waals surface area (Å²) >= 11 is 0. The van der Waals surface area contributed by atoms with Crippen LogP contribution in [0.2, 0.25) is 0 Å². The maximum absolute atomic E-state index is 13.8. The highest BCUT2D eigenvalue weighted by atomic mass is 32.2. The van der Waals surface area contributed by atoms with Crippen molar-refractivity contribution in [3.8, 4) is 0 Å². The molecule has 0 unspecified atom stereocenters. The number of benzene rings is 2. The van der Waals surface area contributed by atoms with Gasteiger partial charge in [0.1, 0.15) is 5.82 Å². The highest BCUT2D eigenvalue weighted by Crippen LogP contribution is 2.51. The Balaban J connectivity index is 1.79. The molecule has 1 amide bonds. The van der Waals surface area contributed by atoms with E-state index in [-0.39, 0.29) is 54.7 Å². The molecule has 0 aliphatic carbocycles. The number of fused-ring (bicyclic) bond motifs is 1. The Labute approximate surface area is 234 Å². The average molecular weight is 625 g/mol. The van der Waals surface area contributed by atoms with Crippen LogP contribution in [0.5, 0.6) is 0 Å². The molecule has 228 valence electrons. The number of rotatable bonds is 7. The molecule has 1 atom stereocenters. The Morgan fingerprint density at radius 2 is 1.64 bits per heavy atom. The number of aromatic nitrogens is 2. The Kier molecular flexibility index (Phi) is 8.05. The molecule has 1 aliphatic rings. The maximum Gasteiger partial charge on any atom is 0.430 e. The quantitative estimate of drug-likeness (QED) is 0.391. The van der Waals surface area contributed by atoms with E-state index in [0.29, 0.717) is 12.1 Å². The van der Waals surface area contributed by atoms with Crippen molar-refractivity contribution < 1.29 is 53.5 Å². The molecule has 0 fully saturated rings. The van der Waals surface area contributed by atoms with E-state index in [4.69, 9.17) is 4.42 Å². The third kappa shape index (κ3) is 5.66. The summed E-state index contributed by atoms with van der Waals surface area (Å²) in [7, 11) is -3.09. The van der Waals surface area contributed by atoms with E-state index in [1.54, 1.807) is 0 Å². The van der Waals surface area contributed by atoms with Gasteiger partial charge in [-0.3, -0.25) is 9.10 Å². The molecule has 17 heteroatoms. The second-order valence-electron chi connectivity index (χ2n) is 9.67. The third-order valence-corrected chi connectivity index (χ3v) is 8.71. The molecule has 1 N–H and O–H groups in total. The number of carbonyl (C=O) groups is 1. The van der Waals surface area contributed by atoms with E-state index in [1.165, 1.54) is 18.9 Å². The van der Waals surface area contributed by atoms with Crippen molar-refractivity contribution in [2.45, 2.75) is 61.6 Å². The normalized spacial score (nSPS) is 16.3. The van der Waals surface area contributed by atoms with Crippen LogP contribution in [-0.4, -0.2) is 60.0 Å². The molecule has 0 saturated carbocycles. The first-order valence-electron chi connectivity index (χ1n) is 12.2. The fourth-order valence-corrected chi connectivity index (χ4v) is 6.25. The predicted molar refractivity (Wildman–Crippen MR) is 131 cm³/mol. The average Bonchev–Trinajstić information content (AvgIpc) is 3.32. The van der Waals surface area contributed by atoms with Crippen molar-refractivity contribution in [2.75, 3.05) is 11.4 Å². The molecule has 2 aromatic carbocycles. The fourth-order valence-electron chi connectivity index (χ4n) is 4.53. The van der Waals surface area contributed by atoms with E-state index >= 15 is 0 Å². The van der Waals surface area contributed by atoms with Crippen molar-refractivity contribution >= 4 is 21.6 Å². The lowest BCUT2D eigenvalue weighted by Crippen LogP contribution is -2.54. The molecule has 2 heterocycles. The number of carbonyl (C=O) groups excluding carboxylic acids is 1. The van der Waals surface area contributed by atoms with Gasteiger partial charge in [-0.05, 0) is 48.7 Å². The zero-order valence-corrected chi connectivity index (χ0v) is 22.7. The lowest BCUT2D eigenvalue weighted by atomic mass is 9.87. The number of nitrogens with zero attached hydrogens (tertiary/aromatic N) is 4. The van der Waals surface area contributed by atoms with Crippen molar-refractivity contribution in [2.24, 2.45) is 0 Å². The number of hydrogen-bond donors (Lipinski definition) is 1. The Morgan fingerprint density at radius 3 is 2.21 bits per heavy atom. The summed E-state index contributed by atoms with van der Waals surface area (Å²) in [6.07, 6.45) is -12.8. The Bertz CT molecular complexity index is 1560. The lowest BCUT2D eigenvalue weighted by Gasteiger charge is -2.39. The van der Waals surface area contributed by atoms with Crippen LogP contribution in [0.25, 0.3) is 0 Å². The summed E-state index contributed by atoms with van der Waals surface area (Å²) in [5.41, 5.74) is -7.20. The summed E-state index contributed by atoms with van der Waals surface area (Å²) < 4.78 is 129. The predicted octanol–water partition coefficient (Wildman–Crippen LogP) is 4.25. The van der Waals surface area contributed by atoms with Crippen LogP contribution >= 0.6 is 0 Å². The zero-order chi connectivity index (χ0) is 31.3. The SMILES string of the molecule is CC(=O)N(C)Cc1nnc(C[C@@H]2CCc3cc(C(O)(C(F)(F)F)C(F)(F)F)ccc3N2S(=O)(=O)c2ccc(F)cc2)o1. The first-order valence-corrected chi connectivity index (χ1v) is 13.6. The third-order valence-electron chi connectivity index (χ3n) is 6.83. The summed E-state index contributed by atoms with van der Waals surface area (Å²) in [5, 5.41) is 17.6. The smallest absolute Gasteiger partial charge is 0.423 e. The molecule has 0 bridgehead atoms. The van der Waals surface area contributed by atoms with Crippen LogP contribution in [0.1, 0.15) is 36.3 Å². The molecule has 1 aromatic heterocycles. The minimum absolute atomic E-state index is 0.0371. The monoisotopic (exact) mass is 624 g/mol. The molecule has 3 aromatic rings. The number of anilines is 1. The molecule has 0 spiro atoms. The van der Waals surface area contributed by atoms with Gasteiger partial charge < -0.3 is 14.4 Å². The first kappa shape index (κ1) is 31.2. The number of alkyl halides is 6. The molecule has 42 heavy (non-hydrogen) atoms. The topological polar surface area (TPSA) is 117 Å². The summed E-state index contributed by atoms with van der Waals surface area (Å²) in [6.45, 7) is 1.27. The van der Waals surface area contributed by atoms with Crippen LogP contribution in [0.4, 0.5) is 36.4 Å². The van der Waals surface area contributed by atoms with Gasteiger partial charge in [0.25, 0.3) is 15.6 Å². The van der Waals surface area contributed by atoms with Crippen molar-refractivity contribution in [1.82, 2.24) is 15.1 Å². The second kappa shape index (κ2) is 10.8. The van der Waals surface area contributed by atoms with E-state index in [0.717, 1.165) is 34.6 Å². The van der Waals surface area contributed by atoms with Gasteiger partial charge >= 0.3 is 12.4 Å². The molecular weight excluding hydrogens is 601 g/mol. The number of aliphatic hydroxyl groups is 1. The minimum Gasteiger partial charge on any atom is -0.423 e. The van der Waals surface area contributed by atoms with Crippen LogP contribution in [0.3, 0.4) is 0 Å². The van der Waals surface area contributed by atoms with E-state index < -0.39 is 50.3 Å². The van der Waals surface area contributed by atoms with Crippen LogP contribution in [0, 0.1) is 5.82 Å². The highest BCUT2D eigenvalue weighted by Gasteiger charge is 2.71. The maximum atomic E-state index is 13.8. The van der Waals surface area contributed by atoms with Crippen LogP contribution in [0.15, 0.2) is 51.8 Å². The number of amides is 1. The number of aryl methyl sites for hydroxylation is 1. The van der Waals surface area contributed by atoms with Gasteiger partial charge in [0.2, 0.25) is 17.7 Å². The first-order chi connectivity index (χ1) is 19.4.